The second-order valence-electron chi connectivity index (χ2n) is 5.43. The monoisotopic (exact) mass is 278 g/mol. The van der Waals surface area contributed by atoms with E-state index < -0.39 is 6.04 Å². The average Bonchev–Trinajstić information content (AvgIpc) is 2.37. The van der Waals surface area contributed by atoms with Gasteiger partial charge in [-0.3, -0.25) is 14.6 Å². The van der Waals surface area contributed by atoms with Crippen LogP contribution in [0, 0.1) is 12.8 Å². The molecule has 1 rings (SSSR count). The van der Waals surface area contributed by atoms with E-state index in [2.05, 4.69) is 15.3 Å². The first-order valence-electron chi connectivity index (χ1n) is 6.62. The second kappa shape index (κ2) is 6.98. The molecule has 6 heteroatoms. The molecule has 6 nitrogen and oxygen atoms in total. The molecule has 1 N–H and O–H groups in total. The summed E-state index contributed by atoms with van der Waals surface area (Å²) in [5, 5.41) is 2.73. The van der Waals surface area contributed by atoms with Gasteiger partial charge in [-0.1, -0.05) is 13.8 Å². The van der Waals surface area contributed by atoms with Crippen LogP contribution in [0.1, 0.15) is 36.5 Å². The summed E-state index contributed by atoms with van der Waals surface area (Å²) >= 11 is 0. The first kappa shape index (κ1) is 16.1. The lowest BCUT2D eigenvalue weighted by Crippen LogP contribution is -2.47. The Morgan fingerprint density at radius 2 is 1.90 bits per heavy atom. The minimum Gasteiger partial charge on any atom is -0.347 e. The first-order chi connectivity index (χ1) is 9.31. The number of likely N-dealkylation sites (N-methyl/N-ethyl adjacent to an activating group) is 1. The molecule has 2 amide bonds. The van der Waals surface area contributed by atoms with E-state index in [9.17, 15) is 9.59 Å². The number of aromatic nitrogens is 2. The molecule has 0 radical (unpaired) electrons. The van der Waals surface area contributed by atoms with Crippen molar-refractivity contribution in [3.8, 4) is 0 Å². The third kappa shape index (κ3) is 4.60. The minimum absolute atomic E-state index is 0.118. The average molecular weight is 278 g/mol. The summed E-state index contributed by atoms with van der Waals surface area (Å²) in [5.41, 5.74) is 0.959. The molecule has 1 heterocycles. The number of carbonyl (C=O) groups excluding carboxylic acids is 2. The highest BCUT2D eigenvalue weighted by Crippen LogP contribution is 2.08. The second-order valence-corrected chi connectivity index (χ2v) is 5.43. The molecular formula is C14H22N4O2. The van der Waals surface area contributed by atoms with Gasteiger partial charge in [0.05, 0.1) is 11.9 Å². The molecular weight excluding hydrogens is 256 g/mol. The van der Waals surface area contributed by atoms with E-state index in [0.29, 0.717) is 12.3 Å². The minimum atomic E-state index is -0.541. The molecule has 0 bridgehead atoms. The third-order valence-corrected chi connectivity index (χ3v) is 2.76. The molecule has 1 unspecified atom stereocenters. The van der Waals surface area contributed by atoms with Crippen molar-refractivity contribution in [2.45, 2.75) is 33.2 Å². The first-order valence-corrected chi connectivity index (χ1v) is 6.62. The number of amides is 2. The summed E-state index contributed by atoms with van der Waals surface area (Å²) in [6, 6.07) is -0.541. The zero-order valence-corrected chi connectivity index (χ0v) is 12.7. The highest BCUT2D eigenvalue weighted by molar-refractivity contribution is 5.95. The Hall–Kier alpha value is -1.98. The third-order valence-electron chi connectivity index (χ3n) is 2.76. The van der Waals surface area contributed by atoms with Gasteiger partial charge in [0.1, 0.15) is 11.7 Å². The Balaban J connectivity index is 2.81. The van der Waals surface area contributed by atoms with Crippen LogP contribution in [-0.4, -0.2) is 46.8 Å². The molecule has 0 fully saturated rings. The predicted octanol–water partition coefficient (Wildman–Crippen LogP) is 1.02. The van der Waals surface area contributed by atoms with E-state index in [-0.39, 0.29) is 17.5 Å². The lowest BCUT2D eigenvalue weighted by atomic mass is 10.0. The van der Waals surface area contributed by atoms with E-state index in [4.69, 9.17) is 0 Å². The molecule has 0 aliphatic heterocycles. The molecule has 1 aromatic heterocycles. The van der Waals surface area contributed by atoms with Crippen LogP contribution in [0.25, 0.3) is 0 Å². The van der Waals surface area contributed by atoms with E-state index in [1.165, 1.54) is 17.3 Å². The molecule has 0 saturated carbocycles. The van der Waals surface area contributed by atoms with Gasteiger partial charge in [-0.25, -0.2) is 4.98 Å². The van der Waals surface area contributed by atoms with Crippen molar-refractivity contribution in [2.24, 2.45) is 5.92 Å². The summed E-state index contributed by atoms with van der Waals surface area (Å²) in [6.07, 6.45) is 3.53. The summed E-state index contributed by atoms with van der Waals surface area (Å²) in [5.74, 6) is -0.196. The maximum absolute atomic E-state index is 12.1. The van der Waals surface area contributed by atoms with E-state index in [1.54, 1.807) is 21.0 Å². The maximum atomic E-state index is 12.1. The van der Waals surface area contributed by atoms with Gasteiger partial charge in [0.2, 0.25) is 5.91 Å². The van der Waals surface area contributed by atoms with Gasteiger partial charge in [0, 0.05) is 20.3 Å². The molecule has 0 aliphatic carbocycles. The van der Waals surface area contributed by atoms with E-state index >= 15 is 0 Å². The van der Waals surface area contributed by atoms with Gasteiger partial charge in [-0.05, 0) is 19.3 Å². The standard InChI is InChI=1S/C14H22N4O2/c1-9(2)6-11(14(20)18(4)5)17-13(19)12-8-15-10(3)7-16-12/h7-9,11H,6H2,1-5H3,(H,17,19). The number of nitrogens with one attached hydrogen (secondary N) is 1. The Morgan fingerprint density at radius 3 is 2.35 bits per heavy atom. The van der Waals surface area contributed by atoms with Gasteiger partial charge < -0.3 is 10.2 Å². The molecule has 0 aromatic carbocycles. The highest BCUT2D eigenvalue weighted by atomic mass is 16.2. The van der Waals surface area contributed by atoms with Crippen molar-refractivity contribution in [1.29, 1.82) is 0 Å². The summed E-state index contributed by atoms with van der Waals surface area (Å²) in [7, 11) is 3.35. The lowest BCUT2D eigenvalue weighted by Gasteiger charge is -2.23. The zero-order chi connectivity index (χ0) is 15.3. The van der Waals surface area contributed by atoms with Crippen molar-refractivity contribution in [2.75, 3.05) is 14.1 Å². The number of carbonyl (C=O) groups is 2. The number of hydrogen-bond acceptors (Lipinski definition) is 4. The topological polar surface area (TPSA) is 75.2 Å². The van der Waals surface area contributed by atoms with Crippen LogP contribution in [0.2, 0.25) is 0 Å². The van der Waals surface area contributed by atoms with Crippen LogP contribution in [0.4, 0.5) is 0 Å². The SMILES string of the molecule is Cc1cnc(C(=O)NC(CC(C)C)C(=O)N(C)C)cn1. The molecule has 0 saturated heterocycles. The molecule has 1 atom stereocenters. The van der Waals surface area contributed by atoms with Gasteiger partial charge in [0.15, 0.2) is 0 Å². The number of hydrogen-bond donors (Lipinski definition) is 1. The van der Waals surface area contributed by atoms with Crippen LogP contribution < -0.4 is 5.32 Å². The number of nitrogens with zero attached hydrogens (tertiary/aromatic N) is 3. The quantitative estimate of drug-likeness (QED) is 0.872. The Morgan fingerprint density at radius 1 is 1.25 bits per heavy atom. The number of rotatable bonds is 5. The van der Waals surface area contributed by atoms with Crippen molar-refractivity contribution in [3.63, 3.8) is 0 Å². The van der Waals surface area contributed by atoms with Crippen LogP contribution in [0.15, 0.2) is 12.4 Å². The normalized spacial score (nSPS) is 12.1. The molecule has 0 aliphatic rings. The Bertz CT molecular complexity index is 469. The van der Waals surface area contributed by atoms with Crippen LogP contribution in [-0.2, 0) is 4.79 Å². The summed E-state index contributed by atoms with van der Waals surface area (Å²) in [4.78, 5) is 33.7. The Labute approximate surface area is 119 Å². The van der Waals surface area contributed by atoms with E-state index in [1.807, 2.05) is 13.8 Å². The maximum Gasteiger partial charge on any atom is 0.272 e. The van der Waals surface area contributed by atoms with Crippen LogP contribution in [0.5, 0.6) is 0 Å². The van der Waals surface area contributed by atoms with Crippen molar-refractivity contribution in [3.05, 3.63) is 23.8 Å². The smallest absolute Gasteiger partial charge is 0.272 e. The molecule has 1 aromatic rings. The fourth-order valence-electron chi connectivity index (χ4n) is 1.75. The molecule has 110 valence electrons. The van der Waals surface area contributed by atoms with Gasteiger partial charge in [-0.2, -0.15) is 0 Å². The van der Waals surface area contributed by atoms with Gasteiger partial charge in [0.25, 0.3) is 5.91 Å². The van der Waals surface area contributed by atoms with Crippen LogP contribution >= 0.6 is 0 Å². The van der Waals surface area contributed by atoms with Gasteiger partial charge >= 0.3 is 0 Å². The molecule has 20 heavy (non-hydrogen) atoms. The molecule has 0 spiro atoms. The van der Waals surface area contributed by atoms with Crippen LogP contribution in [0.3, 0.4) is 0 Å². The van der Waals surface area contributed by atoms with Gasteiger partial charge in [-0.15, -0.1) is 0 Å². The number of aryl methyl sites for hydroxylation is 1. The van der Waals surface area contributed by atoms with Crippen molar-refractivity contribution < 1.29 is 9.59 Å². The fraction of sp³-hybridized carbons (Fsp3) is 0.571. The van der Waals surface area contributed by atoms with E-state index in [0.717, 1.165) is 5.69 Å². The highest BCUT2D eigenvalue weighted by Gasteiger charge is 2.24. The summed E-state index contributed by atoms with van der Waals surface area (Å²) in [6.45, 7) is 5.81. The zero-order valence-electron chi connectivity index (χ0n) is 12.7. The lowest BCUT2D eigenvalue weighted by molar-refractivity contribution is -0.131. The summed E-state index contributed by atoms with van der Waals surface area (Å²) < 4.78 is 0. The largest absolute Gasteiger partial charge is 0.347 e. The van der Waals surface area contributed by atoms with Crippen molar-refractivity contribution in [1.82, 2.24) is 20.2 Å². The predicted molar refractivity (Wildman–Crippen MR) is 76.2 cm³/mol. The fourth-order valence-corrected chi connectivity index (χ4v) is 1.75. The van der Waals surface area contributed by atoms with Crippen molar-refractivity contribution >= 4 is 11.8 Å². The Kier molecular flexibility index (Phi) is 5.61.